The van der Waals surface area contributed by atoms with Crippen LogP contribution in [-0.2, 0) is 9.53 Å². The van der Waals surface area contributed by atoms with E-state index in [1.807, 2.05) is 13.8 Å². The molecule has 3 unspecified atom stereocenters. The fraction of sp³-hybridized carbons (Fsp3) is 0.909. The maximum absolute atomic E-state index is 11.9. The molecule has 0 bridgehead atoms. The van der Waals surface area contributed by atoms with Crippen LogP contribution in [0.1, 0.15) is 40.0 Å². The Kier molecular flexibility index (Phi) is 4.11. The highest BCUT2D eigenvalue weighted by molar-refractivity contribution is 5.85. The van der Waals surface area contributed by atoms with Crippen LogP contribution < -0.4 is 11.1 Å². The first kappa shape index (κ1) is 12.5. The van der Waals surface area contributed by atoms with E-state index in [0.717, 1.165) is 19.4 Å². The SMILES string of the molecule is CCCC(C)(N)C(=O)NC1CCOC1C. The predicted octanol–water partition coefficient (Wildman–Crippen LogP) is 0.797. The zero-order valence-electron chi connectivity index (χ0n) is 9.88. The van der Waals surface area contributed by atoms with Gasteiger partial charge in [-0.1, -0.05) is 13.3 Å². The molecular weight excluding hydrogens is 192 g/mol. The number of carbonyl (C=O) groups excluding carboxylic acids is 1. The smallest absolute Gasteiger partial charge is 0.240 e. The molecule has 1 saturated heterocycles. The minimum absolute atomic E-state index is 0.0632. The van der Waals surface area contributed by atoms with E-state index in [9.17, 15) is 4.79 Å². The van der Waals surface area contributed by atoms with Gasteiger partial charge in [-0.25, -0.2) is 0 Å². The normalized spacial score (nSPS) is 29.9. The Bertz CT molecular complexity index is 229. The van der Waals surface area contributed by atoms with Gasteiger partial charge >= 0.3 is 0 Å². The van der Waals surface area contributed by atoms with E-state index in [0.29, 0.717) is 6.42 Å². The van der Waals surface area contributed by atoms with Crippen molar-refractivity contribution in [2.45, 2.75) is 57.7 Å². The summed E-state index contributed by atoms with van der Waals surface area (Å²) < 4.78 is 5.38. The first-order valence-corrected chi connectivity index (χ1v) is 5.69. The van der Waals surface area contributed by atoms with Crippen LogP contribution in [-0.4, -0.2) is 30.2 Å². The topological polar surface area (TPSA) is 64.4 Å². The van der Waals surface area contributed by atoms with Gasteiger partial charge < -0.3 is 15.8 Å². The molecule has 1 amide bonds. The summed E-state index contributed by atoms with van der Waals surface area (Å²) in [5.41, 5.74) is 5.19. The molecule has 4 heteroatoms. The van der Waals surface area contributed by atoms with Crippen LogP contribution in [0.5, 0.6) is 0 Å². The number of hydrogen-bond acceptors (Lipinski definition) is 3. The number of rotatable bonds is 4. The zero-order valence-corrected chi connectivity index (χ0v) is 9.88. The number of nitrogens with two attached hydrogens (primary N) is 1. The highest BCUT2D eigenvalue weighted by Gasteiger charge is 2.32. The monoisotopic (exact) mass is 214 g/mol. The van der Waals surface area contributed by atoms with Gasteiger partial charge in [0.05, 0.1) is 17.7 Å². The maximum atomic E-state index is 11.9. The first-order chi connectivity index (χ1) is 6.97. The van der Waals surface area contributed by atoms with Crippen LogP contribution in [0.3, 0.4) is 0 Å². The molecule has 0 aromatic heterocycles. The van der Waals surface area contributed by atoms with Crippen molar-refractivity contribution in [1.29, 1.82) is 0 Å². The molecule has 0 radical (unpaired) electrons. The molecule has 0 spiro atoms. The van der Waals surface area contributed by atoms with Crippen LogP contribution in [0.4, 0.5) is 0 Å². The Balaban J connectivity index is 2.47. The van der Waals surface area contributed by atoms with Gasteiger partial charge in [0, 0.05) is 6.61 Å². The number of ether oxygens (including phenoxy) is 1. The van der Waals surface area contributed by atoms with E-state index in [1.165, 1.54) is 0 Å². The fourth-order valence-electron chi connectivity index (χ4n) is 1.89. The van der Waals surface area contributed by atoms with Crippen LogP contribution >= 0.6 is 0 Å². The number of amides is 1. The summed E-state index contributed by atoms with van der Waals surface area (Å²) in [6.45, 7) is 6.51. The summed E-state index contributed by atoms with van der Waals surface area (Å²) in [7, 11) is 0. The van der Waals surface area contributed by atoms with Crippen molar-refractivity contribution in [3.8, 4) is 0 Å². The lowest BCUT2D eigenvalue weighted by Gasteiger charge is -2.26. The van der Waals surface area contributed by atoms with Crippen molar-refractivity contribution in [3.05, 3.63) is 0 Å². The third kappa shape index (κ3) is 3.18. The lowest BCUT2D eigenvalue weighted by molar-refractivity contribution is -0.127. The molecule has 3 atom stereocenters. The van der Waals surface area contributed by atoms with Gasteiger partial charge in [-0.15, -0.1) is 0 Å². The quantitative estimate of drug-likeness (QED) is 0.727. The maximum Gasteiger partial charge on any atom is 0.240 e. The van der Waals surface area contributed by atoms with Gasteiger partial charge in [-0.05, 0) is 26.7 Å². The highest BCUT2D eigenvalue weighted by atomic mass is 16.5. The molecule has 0 aliphatic carbocycles. The molecule has 1 heterocycles. The Morgan fingerprint density at radius 1 is 1.67 bits per heavy atom. The number of hydrogen-bond donors (Lipinski definition) is 2. The molecular formula is C11H22N2O2. The third-order valence-electron chi connectivity index (χ3n) is 2.98. The standard InChI is InChI=1S/C11H22N2O2/c1-4-6-11(3,12)10(14)13-9-5-7-15-8(9)2/h8-9H,4-7,12H2,1-3H3,(H,13,14). The van der Waals surface area contributed by atoms with Gasteiger partial charge in [-0.2, -0.15) is 0 Å². The Labute approximate surface area is 91.5 Å². The van der Waals surface area contributed by atoms with Gasteiger partial charge in [0.2, 0.25) is 5.91 Å². The van der Waals surface area contributed by atoms with Crippen molar-refractivity contribution in [1.82, 2.24) is 5.32 Å². The summed E-state index contributed by atoms with van der Waals surface area (Å²) in [6, 6.07) is 0.122. The molecule has 3 N–H and O–H groups in total. The summed E-state index contributed by atoms with van der Waals surface area (Å²) in [5, 5.41) is 2.96. The van der Waals surface area contributed by atoms with E-state index in [4.69, 9.17) is 10.5 Å². The van der Waals surface area contributed by atoms with Gasteiger partial charge in [0.1, 0.15) is 0 Å². The van der Waals surface area contributed by atoms with Crippen LogP contribution in [0.15, 0.2) is 0 Å². The molecule has 88 valence electrons. The van der Waals surface area contributed by atoms with Crippen LogP contribution in [0.2, 0.25) is 0 Å². The molecule has 0 saturated carbocycles. The summed E-state index contributed by atoms with van der Waals surface area (Å²) in [6.07, 6.45) is 2.61. The largest absolute Gasteiger partial charge is 0.376 e. The van der Waals surface area contributed by atoms with Gasteiger partial charge in [0.25, 0.3) is 0 Å². The average Bonchev–Trinajstić information content (AvgIpc) is 2.52. The summed E-state index contributed by atoms with van der Waals surface area (Å²) in [5.74, 6) is -0.0632. The molecule has 4 nitrogen and oxygen atoms in total. The number of carbonyl (C=O) groups is 1. The third-order valence-corrected chi connectivity index (χ3v) is 2.98. The summed E-state index contributed by atoms with van der Waals surface area (Å²) >= 11 is 0. The van der Waals surface area contributed by atoms with E-state index >= 15 is 0 Å². The van der Waals surface area contributed by atoms with Crippen molar-refractivity contribution in [3.63, 3.8) is 0 Å². The van der Waals surface area contributed by atoms with E-state index in [-0.39, 0.29) is 18.1 Å². The molecule has 1 fully saturated rings. The number of nitrogens with one attached hydrogen (secondary N) is 1. The van der Waals surface area contributed by atoms with Crippen molar-refractivity contribution in [2.75, 3.05) is 6.61 Å². The molecule has 1 rings (SSSR count). The minimum atomic E-state index is -0.753. The Hall–Kier alpha value is -0.610. The van der Waals surface area contributed by atoms with E-state index < -0.39 is 5.54 Å². The van der Waals surface area contributed by atoms with Crippen molar-refractivity contribution >= 4 is 5.91 Å². The second kappa shape index (κ2) is 4.94. The first-order valence-electron chi connectivity index (χ1n) is 5.69. The van der Waals surface area contributed by atoms with Crippen LogP contribution in [0, 0.1) is 0 Å². The Morgan fingerprint density at radius 3 is 2.80 bits per heavy atom. The van der Waals surface area contributed by atoms with Crippen molar-refractivity contribution < 1.29 is 9.53 Å². The van der Waals surface area contributed by atoms with Crippen LogP contribution in [0.25, 0.3) is 0 Å². The lowest BCUT2D eigenvalue weighted by atomic mass is 9.95. The van der Waals surface area contributed by atoms with Crippen molar-refractivity contribution in [2.24, 2.45) is 5.73 Å². The second-order valence-electron chi connectivity index (χ2n) is 4.61. The molecule has 1 aliphatic heterocycles. The summed E-state index contributed by atoms with van der Waals surface area (Å²) in [4.78, 5) is 11.9. The molecule has 15 heavy (non-hydrogen) atoms. The predicted molar refractivity (Wildman–Crippen MR) is 59.5 cm³/mol. The molecule has 1 aliphatic rings. The lowest BCUT2D eigenvalue weighted by Crippen LogP contribution is -2.55. The van der Waals surface area contributed by atoms with E-state index in [1.54, 1.807) is 6.92 Å². The zero-order chi connectivity index (χ0) is 11.5. The fourth-order valence-corrected chi connectivity index (χ4v) is 1.89. The second-order valence-corrected chi connectivity index (χ2v) is 4.61. The van der Waals surface area contributed by atoms with Gasteiger partial charge in [0.15, 0.2) is 0 Å². The van der Waals surface area contributed by atoms with Gasteiger partial charge in [-0.3, -0.25) is 4.79 Å². The highest BCUT2D eigenvalue weighted by Crippen LogP contribution is 2.15. The molecule has 0 aromatic rings. The minimum Gasteiger partial charge on any atom is -0.376 e. The average molecular weight is 214 g/mol. The Morgan fingerprint density at radius 2 is 2.33 bits per heavy atom. The molecule has 0 aromatic carbocycles. The van der Waals surface area contributed by atoms with E-state index in [2.05, 4.69) is 5.32 Å².